The quantitative estimate of drug-likeness (QED) is 0.112. The van der Waals surface area contributed by atoms with Crippen molar-refractivity contribution in [3.05, 3.63) is 123 Å². The number of rotatable bonds is 11. The largest absolute Gasteiger partial charge is 0.490 e. The van der Waals surface area contributed by atoms with Gasteiger partial charge in [0, 0.05) is 32.8 Å². The van der Waals surface area contributed by atoms with Crippen LogP contribution >= 0.6 is 34.5 Å². The Bertz CT molecular complexity index is 1750. The van der Waals surface area contributed by atoms with Crippen molar-refractivity contribution in [1.82, 2.24) is 10.4 Å². The molecule has 11 heteroatoms. The van der Waals surface area contributed by atoms with E-state index in [1.165, 1.54) is 23.6 Å². The lowest BCUT2D eigenvalue weighted by atomic mass is 10.1. The predicted molar refractivity (Wildman–Crippen MR) is 171 cm³/mol. The molecule has 43 heavy (non-hydrogen) atoms. The molecule has 1 heterocycles. The summed E-state index contributed by atoms with van der Waals surface area (Å²) in [5, 5.41) is 10.9. The van der Waals surface area contributed by atoms with Crippen molar-refractivity contribution < 1.29 is 18.7 Å². The van der Waals surface area contributed by atoms with Gasteiger partial charge in [0.05, 0.1) is 23.5 Å². The maximum absolute atomic E-state index is 14.0. The second-order valence-electron chi connectivity index (χ2n) is 9.09. The number of ether oxygens (including phenoxy) is 2. The number of halogens is 3. The molecule has 0 aliphatic heterocycles. The average molecular weight is 636 g/mol. The van der Waals surface area contributed by atoms with Gasteiger partial charge in [-0.15, -0.1) is 11.3 Å². The highest BCUT2D eigenvalue weighted by Gasteiger charge is 2.14. The average Bonchev–Trinajstić information content (AvgIpc) is 3.47. The summed E-state index contributed by atoms with van der Waals surface area (Å²) < 4.78 is 25.5. The van der Waals surface area contributed by atoms with Crippen LogP contribution in [0.5, 0.6) is 11.5 Å². The Kier molecular flexibility index (Phi) is 9.88. The highest BCUT2D eigenvalue weighted by Crippen LogP contribution is 2.37. The normalized spacial score (nSPS) is 11.0. The SMILES string of the molecule is CCOc1cc(/C=N\NC(=O)c2ccc(-c3csc(Nc4ccc(Cl)cc4)n3)cc2)cc(Cl)c1OCc1ccccc1F. The van der Waals surface area contributed by atoms with Crippen LogP contribution in [0.1, 0.15) is 28.4 Å². The number of hydrogen-bond donors (Lipinski definition) is 2. The molecule has 0 fully saturated rings. The predicted octanol–water partition coefficient (Wildman–Crippen LogP) is 8.74. The topological polar surface area (TPSA) is 84.8 Å². The van der Waals surface area contributed by atoms with Crippen LogP contribution in [0.3, 0.4) is 0 Å². The molecule has 0 spiro atoms. The lowest BCUT2D eigenvalue weighted by Crippen LogP contribution is -2.17. The number of carbonyl (C=O) groups excluding carboxylic acids is 1. The van der Waals surface area contributed by atoms with E-state index in [4.69, 9.17) is 32.7 Å². The van der Waals surface area contributed by atoms with Crippen molar-refractivity contribution >= 4 is 57.5 Å². The van der Waals surface area contributed by atoms with Gasteiger partial charge in [-0.25, -0.2) is 14.8 Å². The summed E-state index contributed by atoms with van der Waals surface area (Å²) in [6.07, 6.45) is 1.45. The summed E-state index contributed by atoms with van der Waals surface area (Å²) in [4.78, 5) is 17.3. The fraction of sp³-hybridized carbons (Fsp3) is 0.0938. The van der Waals surface area contributed by atoms with Crippen molar-refractivity contribution in [3.8, 4) is 22.8 Å². The van der Waals surface area contributed by atoms with Crippen LogP contribution in [-0.4, -0.2) is 23.7 Å². The van der Waals surface area contributed by atoms with Crippen molar-refractivity contribution in [2.45, 2.75) is 13.5 Å². The minimum Gasteiger partial charge on any atom is -0.490 e. The monoisotopic (exact) mass is 634 g/mol. The minimum atomic E-state index is -0.382. The van der Waals surface area contributed by atoms with Gasteiger partial charge in [0.2, 0.25) is 0 Å². The summed E-state index contributed by atoms with van der Waals surface area (Å²) in [5.74, 6) is -0.0815. The number of benzene rings is 4. The van der Waals surface area contributed by atoms with Gasteiger partial charge in [0.1, 0.15) is 12.4 Å². The molecule has 2 N–H and O–H groups in total. The first kappa shape index (κ1) is 30.0. The number of hydrogen-bond acceptors (Lipinski definition) is 7. The molecule has 5 aromatic rings. The third kappa shape index (κ3) is 7.90. The molecule has 0 saturated carbocycles. The molecule has 4 aromatic carbocycles. The van der Waals surface area contributed by atoms with E-state index in [2.05, 4.69) is 20.8 Å². The molecule has 0 bridgehead atoms. The Labute approximate surface area is 261 Å². The van der Waals surface area contributed by atoms with Crippen molar-refractivity contribution in [3.63, 3.8) is 0 Å². The molecule has 0 aliphatic rings. The van der Waals surface area contributed by atoms with Crippen LogP contribution in [0.15, 0.2) is 95.4 Å². The number of nitrogens with zero attached hydrogens (tertiary/aromatic N) is 2. The fourth-order valence-corrected chi connectivity index (χ4v) is 5.11. The number of hydrazone groups is 1. The summed E-state index contributed by atoms with van der Waals surface area (Å²) in [7, 11) is 0. The smallest absolute Gasteiger partial charge is 0.271 e. The fourth-order valence-electron chi connectivity index (χ4n) is 3.97. The van der Waals surface area contributed by atoms with Gasteiger partial charge < -0.3 is 14.8 Å². The molecule has 0 atom stereocenters. The van der Waals surface area contributed by atoms with Gasteiger partial charge in [-0.2, -0.15) is 5.10 Å². The van der Waals surface area contributed by atoms with E-state index in [-0.39, 0.29) is 23.4 Å². The van der Waals surface area contributed by atoms with Gasteiger partial charge >= 0.3 is 0 Å². The summed E-state index contributed by atoms with van der Waals surface area (Å²) in [5.41, 5.74) is 6.47. The molecule has 0 saturated heterocycles. The third-order valence-electron chi connectivity index (χ3n) is 6.08. The molecular formula is C32H25Cl2FN4O3S. The Morgan fingerprint density at radius 3 is 2.53 bits per heavy atom. The summed E-state index contributed by atoms with van der Waals surface area (Å²) >= 11 is 13.9. The molecule has 7 nitrogen and oxygen atoms in total. The Morgan fingerprint density at radius 2 is 1.79 bits per heavy atom. The standard InChI is InChI=1S/C32H25Cl2FN4O3S/c1-2-41-29-16-20(15-26(34)30(29)42-18-23-5-3-4-6-27(23)35)17-36-39-31(40)22-9-7-21(8-10-22)28-19-43-32(38-28)37-25-13-11-24(33)12-14-25/h3-17,19H,2,18H2,1H3,(H,37,38)(H,39,40)/b36-17-. The minimum absolute atomic E-state index is 0.0152. The van der Waals surface area contributed by atoms with Crippen LogP contribution in [0.4, 0.5) is 15.2 Å². The first-order valence-electron chi connectivity index (χ1n) is 13.1. The van der Waals surface area contributed by atoms with Crippen molar-refractivity contribution in [1.29, 1.82) is 0 Å². The summed E-state index contributed by atoms with van der Waals surface area (Å²) in [6, 6.07) is 24.1. The first-order valence-corrected chi connectivity index (χ1v) is 14.8. The second kappa shape index (κ2) is 14.2. The summed E-state index contributed by atoms with van der Waals surface area (Å²) in [6.45, 7) is 2.17. The molecule has 0 radical (unpaired) electrons. The van der Waals surface area contributed by atoms with E-state index in [1.54, 1.807) is 42.5 Å². The maximum Gasteiger partial charge on any atom is 0.271 e. The van der Waals surface area contributed by atoms with E-state index < -0.39 is 0 Å². The number of thiazole rings is 1. The third-order valence-corrected chi connectivity index (χ3v) is 7.37. The number of carbonyl (C=O) groups is 1. The molecule has 1 aromatic heterocycles. The van der Waals surface area contributed by atoms with E-state index in [0.717, 1.165) is 22.1 Å². The second-order valence-corrected chi connectivity index (χ2v) is 10.8. The highest BCUT2D eigenvalue weighted by atomic mass is 35.5. The molecule has 0 unspecified atom stereocenters. The number of nitrogens with one attached hydrogen (secondary N) is 2. The zero-order valence-corrected chi connectivity index (χ0v) is 25.1. The molecular weight excluding hydrogens is 610 g/mol. The Hall–Kier alpha value is -4.44. The zero-order valence-electron chi connectivity index (χ0n) is 22.8. The van der Waals surface area contributed by atoms with E-state index in [9.17, 15) is 9.18 Å². The number of anilines is 2. The lowest BCUT2D eigenvalue weighted by molar-refractivity contribution is 0.0955. The molecule has 5 rings (SSSR count). The lowest BCUT2D eigenvalue weighted by Gasteiger charge is -2.14. The van der Waals surface area contributed by atoms with Crippen molar-refractivity contribution in [2.75, 3.05) is 11.9 Å². The van der Waals surface area contributed by atoms with Crippen LogP contribution in [0.25, 0.3) is 11.3 Å². The van der Waals surface area contributed by atoms with E-state index in [1.807, 2.05) is 48.7 Å². The van der Waals surface area contributed by atoms with Gasteiger partial charge in [-0.05, 0) is 67.1 Å². The van der Waals surface area contributed by atoms with Crippen molar-refractivity contribution in [2.24, 2.45) is 5.10 Å². The number of amides is 1. The van der Waals surface area contributed by atoms with Crippen LogP contribution in [0.2, 0.25) is 10.0 Å². The van der Waals surface area contributed by atoms with E-state index in [0.29, 0.717) is 39.8 Å². The van der Waals surface area contributed by atoms with Gasteiger partial charge in [0.25, 0.3) is 5.91 Å². The first-order chi connectivity index (χ1) is 20.9. The molecule has 218 valence electrons. The molecule has 0 aliphatic carbocycles. The highest BCUT2D eigenvalue weighted by molar-refractivity contribution is 7.14. The number of aromatic nitrogens is 1. The van der Waals surface area contributed by atoms with Gasteiger partial charge in [-0.3, -0.25) is 4.79 Å². The Morgan fingerprint density at radius 1 is 1.02 bits per heavy atom. The van der Waals surface area contributed by atoms with E-state index >= 15 is 0 Å². The van der Waals surface area contributed by atoms with Gasteiger partial charge in [0.15, 0.2) is 16.6 Å². The zero-order chi connectivity index (χ0) is 30.2. The van der Waals surface area contributed by atoms with Gasteiger partial charge in [-0.1, -0.05) is 53.5 Å². The van der Waals surface area contributed by atoms with Crippen LogP contribution in [0, 0.1) is 5.82 Å². The van der Waals surface area contributed by atoms with Crippen LogP contribution < -0.4 is 20.2 Å². The Balaban J connectivity index is 1.20. The van der Waals surface area contributed by atoms with Crippen LogP contribution in [-0.2, 0) is 6.61 Å². The maximum atomic E-state index is 14.0. The molecule has 1 amide bonds.